The normalized spacial score (nSPS) is 15.5. The Labute approximate surface area is 48.5 Å². The van der Waals surface area contributed by atoms with Crippen LogP contribution in [0.15, 0.2) is 0 Å². The van der Waals surface area contributed by atoms with E-state index in [1.165, 1.54) is 20.1 Å². The highest BCUT2D eigenvalue weighted by molar-refractivity contribution is 5.59. The van der Waals surface area contributed by atoms with Gasteiger partial charge in [0.1, 0.15) is 6.04 Å². The van der Waals surface area contributed by atoms with Crippen LogP contribution in [0, 0.1) is 0 Å². The zero-order chi connectivity index (χ0) is 6.78. The fourth-order valence-electron chi connectivity index (χ4n) is 0.144. The zero-order valence-corrected chi connectivity index (χ0v) is 5.01. The number of carbonyl (C=O) groups excluding carboxylic acids is 1. The summed E-state index contributed by atoms with van der Waals surface area (Å²) in [5.41, 5.74) is 3.94. The largest absolute Gasteiger partial charge is 0.388 e. The lowest BCUT2D eigenvalue weighted by molar-refractivity contribution is 0.0721. The van der Waals surface area contributed by atoms with Crippen molar-refractivity contribution < 1.29 is 9.90 Å². The highest BCUT2D eigenvalue weighted by atomic mass is 16.3. The maximum absolute atomic E-state index is 9.74. The van der Waals surface area contributed by atoms with E-state index in [2.05, 4.69) is 0 Å². The van der Waals surface area contributed by atoms with Crippen LogP contribution in [0.3, 0.4) is 0 Å². The van der Waals surface area contributed by atoms with E-state index in [0.29, 0.717) is 0 Å². The number of hydrogen-bond donors (Lipinski definition) is 2. The Hall–Kier alpha value is -0.410. The van der Waals surface area contributed by atoms with Crippen LogP contribution < -0.4 is 5.73 Å². The SMILES string of the molecule is CC(C)(O)C(N)[C]=O. The van der Waals surface area contributed by atoms with Crippen molar-refractivity contribution in [1.29, 1.82) is 0 Å². The van der Waals surface area contributed by atoms with E-state index >= 15 is 0 Å². The topological polar surface area (TPSA) is 63.3 Å². The molecular formula is C5H10NO2. The quantitative estimate of drug-likeness (QED) is 0.496. The molecule has 0 fully saturated rings. The Bertz CT molecular complexity index is 84.9. The molecule has 0 aromatic carbocycles. The summed E-state index contributed by atoms with van der Waals surface area (Å²) >= 11 is 0. The van der Waals surface area contributed by atoms with Gasteiger partial charge >= 0.3 is 0 Å². The van der Waals surface area contributed by atoms with Crippen molar-refractivity contribution in [3.63, 3.8) is 0 Å². The van der Waals surface area contributed by atoms with Crippen molar-refractivity contribution in [2.45, 2.75) is 25.5 Å². The van der Waals surface area contributed by atoms with Crippen molar-refractivity contribution in [2.75, 3.05) is 0 Å². The molecule has 0 heterocycles. The summed E-state index contributed by atoms with van der Waals surface area (Å²) in [7, 11) is 0. The predicted octanol–water partition coefficient (Wildman–Crippen LogP) is -0.806. The average molecular weight is 116 g/mol. The van der Waals surface area contributed by atoms with Gasteiger partial charge < -0.3 is 10.8 Å². The van der Waals surface area contributed by atoms with Crippen LogP contribution in [0.25, 0.3) is 0 Å². The highest BCUT2D eigenvalue weighted by Gasteiger charge is 2.22. The van der Waals surface area contributed by atoms with Gasteiger partial charge in [-0.1, -0.05) is 0 Å². The summed E-state index contributed by atoms with van der Waals surface area (Å²) in [4.78, 5) is 9.74. The molecule has 0 aromatic rings. The maximum atomic E-state index is 9.74. The Balaban J connectivity index is 3.80. The van der Waals surface area contributed by atoms with Crippen molar-refractivity contribution in [2.24, 2.45) is 5.73 Å². The highest BCUT2D eigenvalue weighted by Crippen LogP contribution is 2.02. The average Bonchev–Trinajstić information content (AvgIpc) is 1.62. The first-order chi connectivity index (χ1) is 3.48. The lowest BCUT2D eigenvalue weighted by Crippen LogP contribution is -2.43. The second-order valence-electron chi connectivity index (χ2n) is 2.25. The molecule has 0 aliphatic heterocycles. The Morgan fingerprint density at radius 1 is 1.75 bits per heavy atom. The molecule has 0 saturated carbocycles. The molecule has 0 aliphatic rings. The van der Waals surface area contributed by atoms with Gasteiger partial charge in [-0.05, 0) is 13.8 Å². The predicted molar refractivity (Wildman–Crippen MR) is 30.0 cm³/mol. The second kappa shape index (κ2) is 2.24. The molecule has 1 unspecified atom stereocenters. The first-order valence-corrected chi connectivity index (χ1v) is 2.34. The van der Waals surface area contributed by atoms with Gasteiger partial charge in [0.25, 0.3) is 0 Å². The fraction of sp³-hybridized carbons (Fsp3) is 0.800. The molecule has 0 bridgehead atoms. The summed E-state index contributed by atoms with van der Waals surface area (Å²) in [6.07, 6.45) is 1.48. The molecule has 3 N–H and O–H groups in total. The van der Waals surface area contributed by atoms with Gasteiger partial charge in [0.15, 0.2) is 0 Å². The van der Waals surface area contributed by atoms with Crippen molar-refractivity contribution >= 4 is 6.29 Å². The first kappa shape index (κ1) is 7.59. The number of hydrogen-bond acceptors (Lipinski definition) is 3. The molecule has 47 valence electrons. The number of rotatable bonds is 2. The minimum atomic E-state index is -1.14. The van der Waals surface area contributed by atoms with Crippen molar-refractivity contribution in [3.05, 3.63) is 0 Å². The first-order valence-electron chi connectivity index (χ1n) is 2.34. The van der Waals surface area contributed by atoms with E-state index < -0.39 is 11.6 Å². The third-order valence-electron chi connectivity index (χ3n) is 0.888. The third-order valence-corrected chi connectivity index (χ3v) is 0.888. The molecule has 0 amide bonds. The number of nitrogens with two attached hydrogens (primary N) is 1. The van der Waals surface area contributed by atoms with Gasteiger partial charge in [0.2, 0.25) is 6.29 Å². The molecular weight excluding hydrogens is 106 g/mol. The molecule has 0 saturated heterocycles. The Morgan fingerprint density at radius 2 is 2.12 bits per heavy atom. The van der Waals surface area contributed by atoms with E-state index in [1.807, 2.05) is 0 Å². The van der Waals surface area contributed by atoms with E-state index in [-0.39, 0.29) is 0 Å². The third kappa shape index (κ3) is 2.04. The van der Waals surface area contributed by atoms with Crippen LogP contribution in [-0.2, 0) is 4.79 Å². The van der Waals surface area contributed by atoms with Crippen LogP contribution in [-0.4, -0.2) is 23.0 Å². The van der Waals surface area contributed by atoms with Gasteiger partial charge in [0.05, 0.1) is 5.60 Å². The lowest BCUT2D eigenvalue weighted by Gasteiger charge is -2.18. The molecule has 1 atom stereocenters. The molecule has 3 heteroatoms. The standard InChI is InChI=1S/C5H10NO2/c1-5(2,8)4(6)3-7/h4,8H,6H2,1-2H3. The molecule has 0 rings (SSSR count). The maximum Gasteiger partial charge on any atom is 0.219 e. The molecule has 0 spiro atoms. The monoisotopic (exact) mass is 116 g/mol. The minimum absolute atomic E-state index is 0.900. The van der Waals surface area contributed by atoms with Gasteiger partial charge in [-0.15, -0.1) is 0 Å². The Kier molecular flexibility index (Phi) is 2.12. The van der Waals surface area contributed by atoms with Gasteiger partial charge in [-0.3, -0.25) is 4.79 Å². The van der Waals surface area contributed by atoms with Crippen LogP contribution in [0.2, 0.25) is 0 Å². The van der Waals surface area contributed by atoms with Gasteiger partial charge in [0, 0.05) is 0 Å². The zero-order valence-electron chi connectivity index (χ0n) is 5.01. The number of aliphatic hydroxyl groups is 1. The second-order valence-corrected chi connectivity index (χ2v) is 2.25. The molecule has 1 radical (unpaired) electrons. The summed E-state index contributed by atoms with van der Waals surface area (Å²) < 4.78 is 0. The fourth-order valence-corrected chi connectivity index (χ4v) is 0.144. The molecule has 0 aromatic heterocycles. The van der Waals surface area contributed by atoms with Crippen LogP contribution in [0.4, 0.5) is 0 Å². The molecule has 3 nitrogen and oxygen atoms in total. The summed E-state index contributed by atoms with van der Waals surface area (Å²) in [5.74, 6) is 0. The van der Waals surface area contributed by atoms with E-state index in [9.17, 15) is 4.79 Å². The summed E-state index contributed by atoms with van der Waals surface area (Å²) in [6, 6.07) is -0.900. The van der Waals surface area contributed by atoms with Crippen molar-refractivity contribution in [3.8, 4) is 0 Å². The smallest absolute Gasteiger partial charge is 0.219 e. The van der Waals surface area contributed by atoms with Gasteiger partial charge in [-0.2, -0.15) is 0 Å². The van der Waals surface area contributed by atoms with Crippen LogP contribution in [0.1, 0.15) is 13.8 Å². The minimum Gasteiger partial charge on any atom is -0.388 e. The summed E-state index contributed by atoms with van der Waals surface area (Å²) in [5, 5.41) is 8.90. The van der Waals surface area contributed by atoms with Crippen molar-refractivity contribution in [1.82, 2.24) is 0 Å². The molecule has 0 aliphatic carbocycles. The lowest BCUT2D eigenvalue weighted by atomic mass is 10.0. The van der Waals surface area contributed by atoms with Crippen LogP contribution >= 0.6 is 0 Å². The Morgan fingerprint density at radius 3 is 2.12 bits per heavy atom. The summed E-state index contributed by atoms with van der Waals surface area (Å²) in [6.45, 7) is 2.92. The van der Waals surface area contributed by atoms with E-state index in [0.717, 1.165) is 0 Å². The van der Waals surface area contributed by atoms with Crippen LogP contribution in [0.5, 0.6) is 0 Å². The van der Waals surface area contributed by atoms with Gasteiger partial charge in [-0.25, -0.2) is 0 Å². The molecule has 8 heavy (non-hydrogen) atoms. The van der Waals surface area contributed by atoms with E-state index in [1.54, 1.807) is 0 Å². The van der Waals surface area contributed by atoms with E-state index in [4.69, 9.17) is 10.8 Å².